The molecule has 3 rings (SSSR count). The molecule has 0 atom stereocenters. The summed E-state index contributed by atoms with van der Waals surface area (Å²) in [6, 6.07) is 9.16. The van der Waals surface area contributed by atoms with Crippen molar-refractivity contribution in [2.75, 3.05) is 14.2 Å². The molecule has 1 aromatic heterocycles. The van der Waals surface area contributed by atoms with Crippen LogP contribution in [0, 0.1) is 6.92 Å². The first-order valence-corrected chi connectivity index (χ1v) is 9.64. The fourth-order valence-electron chi connectivity index (χ4n) is 3.06. The average molecular weight is 444 g/mol. The third-order valence-electron chi connectivity index (χ3n) is 4.47. The van der Waals surface area contributed by atoms with Crippen molar-refractivity contribution in [3.63, 3.8) is 0 Å². The number of rotatable bonds is 5. The summed E-state index contributed by atoms with van der Waals surface area (Å²) >= 11 is 3.41. The van der Waals surface area contributed by atoms with E-state index in [2.05, 4.69) is 26.0 Å². The Bertz CT molecular complexity index is 1120. The summed E-state index contributed by atoms with van der Waals surface area (Å²) in [5.74, 6) is 2.00. The monoisotopic (exact) mass is 443 g/mol. The Hall–Kier alpha value is -2.67. The number of ether oxygens (including phenoxy) is 2. The van der Waals surface area contributed by atoms with Crippen molar-refractivity contribution in [1.82, 2.24) is 9.66 Å². The topological polar surface area (TPSA) is 65.7 Å². The molecule has 0 aliphatic rings. The largest absolute Gasteiger partial charge is 0.496 e. The molecule has 0 N–H and O–H groups in total. The zero-order valence-electron chi connectivity index (χ0n) is 16.5. The molecular weight excluding hydrogens is 422 g/mol. The van der Waals surface area contributed by atoms with Gasteiger partial charge in [-0.1, -0.05) is 29.8 Å². The number of aromatic nitrogens is 2. The van der Waals surface area contributed by atoms with E-state index in [0.29, 0.717) is 22.5 Å². The van der Waals surface area contributed by atoms with Crippen LogP contribution in [0.5, 0.6) is 11.5 Å². The van der Waals surface area contributed by atoms with Gasteiger partial charge in [-0.05, 0) is 37.3 Å². The molecule has 146 valence electrons. The number of methoxy groups -OCH3 is 2. The Morgan fingerprint density at radius 1 is 1.18 bits per heavy atom. The maximum Gasteiger partial charge on any atom is 0.282 e. The normalized spacial score (nSPS) is 11.5. The highest BCUT2D eigenvalue weighted by molar-refractivity contribution is 9.10. The smallest absolute Gasteiger partial charge is 0.282 e. The standard InChI is InChI=1S/C21H22BrN3O3/c1-12(2)20-24-17-8-7-15(22)10-16(17)21(26)25(20)23-11-14-6-9-18(27-4)13(3)19(14)28-5/h6-12H,1-5H3. The summed E-state index contributed by atoms with van der Waals surface area (Å²) < 4.78 is 13.0. The van der Waals surface area contributed by atoms with Crippen LogP contribution in [-0.2, 0) is 0 Å². The Kier molecular flexibility index (Phi) is 5.84. The van der Waals surface area contributed by atoms with Crippen molar-refractivity contribution in [3.05, 3.63) is 62.1 Å². The van der Waals surface area contributed by atoms with Crippen molar-refractivity contribution in [2.24, 2.45) is 5.10 Å². The molecule has 0 fully saturated rings. The van der Waals surface area contributed by atoms with Gasteiger partial charge in [0.25, 0.3) is 5.56 Å². The number of hydrogen-bond donors (Lipinski definition) is 0. The third-order valence-corrected chi connectivity index (χ3v) is 4.97. The summed E-state index contributed by atoms with van der Waals surface area (Å²) in [5.41, 5.74) is 2.05. The molecule has 0 radical (unpaired) electrons. The summed E-state index contributed by atoms with van der Waals surface area (Å²) in [7, 11) is 3.21. The van der Waals surface area contributed by atoms with E-state index in [9.17, 15) is 4.79 Å². The molecule has 0 aliphatic carbocycles. The number of benzene rings is 2. The molecule has 1 heterocycles. The van der Waals surface area contributed by atoms with Gasteiger partial charge in [-0.25, -0.2) is 4.98 Å². The van der Waals surface area contributed by atoms with Crippen molar-refractivity contribution < 1.29 is 9.47 Å². The Labute approximate surface area is 171 Å². The second kappa shape index (κ2) is 8.14. The number of halogens is 1. The molecule has 0 spiro atoms. The van der Waals surface area contributed by atoms with E-state index in [1.807, 2.05) is 45.0 Å². The molecule has 0 amide bonds. The van der Waals surface area contributed by atoms with Crippen LogP contribution in [-0.4, -0.2) is 30.1 Å². The second-order valence-corrected chi connectivity index (χ2v) is 7.58. The summed E-state index contributed by atoms with van der Waals surface area (Å²) in [5, 5.41) is 4.97. The van der Waals surface area contributed by atoms with Gasteiger partial charge in [-0.3, -0.25) is 4.79 Å². The van der Waals surface area contributed by atoms with Crippen molar-refractivity contribution in [2.45, 2.75) is 26.7 Å². The fraction of sp³-hybridized carbons (Fsp3) is 0.286. The van der Waals surface area contributed by atoms with Gasteiger partial charge in [0.2, 0.25) is 0 Å². The highest BCUT2D eigenvalue weighted by Gasteiger charge is 2.15. The van der Waals surface area contributed by atoms with Crippen LogP contribution in [0.3, 0.4) is 0 Å². The average Bonchev–Trinajstić information content (AvgIpc) is 2.67. The fourth-order valence-corrected chi connectivity index (χ4v) is 3.42. The van der Waals surface area contributed by atoms with Gasteiger partial charge < -0.3 is 9.47 Å². The molecule has 0 unspecified atom stereocenters. The minimum Gasteiger partial charge on any atom is -0.496 e. The van der Waals surface area contributed by atoms with Crippen LogP contribution >= 0.6 is 15.9 Å². The minimum absolute atomic E-state index is 0.0254. The van der Waals surface area contributed by atoms with Gasteiger partial charge in [-0.15, -0.1) is 0 Å². The first-order valence-electron chi connectivity index (χ1n) is 8.85. The van der Waals surface area contributed by atoms with Gasteiger partial charge in [-0.2, -0.15) is 9.78 Å². The van der Waals surface area contributed by atoms with Crippen molar-refractivity contribution in [3.8, 4) is 11.5 Å². The predicted molar refractivity (Wildman–Crippen MR) is 115 cm³/mol. The summed E-state index contributed by atoms with van der Waals surface area (Å²) in [6.07, 6.45) is 1.62. The second-order valence-electron chi connectivity index (χ2n) is 6.66. The molecule has 3 aromatic rings. The lowest BCUT2D eigenvalue weighted by molar-refractivity contribution is 0.388. The van der Waals surface area contributed by atoms with E-state index in [0.717, 1.165) is 21.3 Å². The first-order chi connectivity index (χ1) is 13.4. The molecule has 2 aromatic carbocycles. The molecule has 0 aliphatic heterocycles. The van der Waals surface area contributed by atoms with E-state index in [-0.39, 0.29) is 11.5 Å². The lowest BCUT2D eigenvalue weighted by atomic mass is 10.1. The highest BCUT2D eigenvalue weighted by Crippen LogP contribution is 2.30. The molecular formula is C21H22BrN3O3. The van der Waals surface area contributed by atoms with Crippen LogP contribution < -0.4 is 15.0 Å². The zero-order valence-corrected chi connectivity index (χ0v) is 18.1. The molecule has 0 bridgehead atoms. The van der Waals surface area contributed by atoms with Gasteiger partial charge in [0.05, 0.1) is 31.3 Å². The van der Waals surface area contributed by atoms with Crippen LogP contribution in [0.15, 0.2) is 44.7 Å². The first kappa shape index (κ1) is 20.1. The maximum absolute atomic E-state index is 13.1. The quantitative estimate of drug-likeness (QED) is 0.544. The zero-order chi connectivity index (χ0) is 20.4. The van der Waals surface area contributed by atoms with Crippen molar-refractivity contribution >= 4 is 33.0 Å². The lowest BCUT2D eigenvalue weighted by Crippen LogP contribution is -2.23. The number of hydrogen-bond acceptors (Lipinski definition) is 5. The Morgan fingerprint density at radius 3 is 2.57 bits per heavy atom. The Balaban J connectivity index is 2.19. The molecule has 6 nitrogen and oxygen atoms in total. The minimum atomic E-state index is -0.213. The lowest BCUT2D eigenvalue weighted by Gasteiger charge is -2.13. The van der Waals surface area contributed by atoms with Gasteiger partial charge >= 0.3 is 0 Å². The molecule has 7 heteroatoms. The third kappa shape index (κ3) is 3.67. The number of nitrogens with zero attached hydrogens (tertiary/aromatic N) is 3. The summed E-state index contributed by atoms with van der Waals surface area (Å²) in [4.78, 5) is 17.7. The van der Waals surface area contributed by atoms with E-state index in [4.69, 9.17) is 9.47 Å². The summed E-state index contributed by atoms with van der Waals surface area (Å²) in [6.45, 7) is 5.88. The van der Waals surface area contributed by atoms with E-state index < -0.39 is 0 Å². The van der Waals surface area contributed by atoms with Crippen LogP contribution in [0.2, 0.25) is 0 Å². The van der Waals surface area contributed by atoms with Crippen molar-refractivity contribution in [1.29, 1.82) is 0 Å². The predicted octanol–water partition coefficient (Wildman–Crippen LogP) is 4.49. The molecule has 28 heavy (non-hydrogen) atoms. The SMILES string of the molecule is COc1ccc(C=Nn2c(C(C)C)nc3ccc(Br)cc3c2=O)c(OC)c1C. The molecule has 0 saturated heterocycles. The van der Waals surface area contributed by atoms with Gasteiger partial charge in [0, 0.05) is 21.5 Å². The van der Waals surface area contributed by atoms with Gasteiger partial charge in [0.15, 0.2) is 0 Å². The van der Waals surface area contributed by atoms with E-state index >= 15 is 0 Å². The Morgan fingerprint density at radius 2 is 1.93 bits per heavy atom. The van der Waals surface area contributed by atoms with E-state index in [1.54, 1.807) is 26.5 Å². The van der Waals surface area contributed by atoms with E-state index in [1.165, 1.54) is 4.68 Å². The highest BCUT2D eigenvalue weighted by atomic mass is 79.9. The van der Waals surface area contributed by atoms with Crippen LogP contribution in [0.1, 0.15) is 36.7 Å². The maximum atomic E-state index is 13.1. The van der Waals surface area contributed by atoms with Gasteiger partial charge in [0.1, 0.15) is 17.3 Å². The van der Waals surface area contributed by atoms with Crippen LogP contribution in [0.4, 0.5) is 0 Å². The molecule has 0 saturated carbocycles. The number of fused-ring (bicyclic) bond motifs is 1. The van der Waals surface area contributed by atoms with Crippen LogP contribution in [0.25, 0.3) is 10.9 Å².